The van der Waals surface area contributed by atoms with Crippen LogP contribution in [0.3, 0.4) is 0 Å². The molecule has 0 heterocycles. The van der Waals surface area contributed by atoms with Gasteiger partial charge in [-0.05, 0) is 6.92 Å². The zero-order chi connectivity index (χ0) is 10.7. The highest BCUT2D eigenvalue weighted by Crippen LogP contribution is 1.80. The molecule has 0 unspecified atom stereocenters. The Hall–Kier alpha value is -0.780. The molecular formula is C7H13BrO5. The highest BCUT2D eigenvalue weighted by atomic mass is 79.9. The Morgan fingerprint density at radius 1 is 1.38 bits per heavy atom. The molecule has 0 aromatic heterocycles. The van der Waals surface area contributed by atoms with Crippen molar-refractivity contribution in [2.24, 2.45) is 0 Å². The van der Waals surface area contributed by atoms with Crippen LogP contribution in [0.1, 0.15) is 13.8 Å². The van der Waals surface area contributed by atoms with Crippen LogP contribution in [-0.4, -0.2) is 35.8 Å². The number of carbonyl (C=O) groups is 2. The number of carboxylic acid groups (broad SMARTS) is 1. The van der Waals surface area contributed by atoms with E-state index in [9.17, 15) is 9.59 Å². The smallest absolute Gasteiger partial charge is 0.466 e. The standard InChI is InChI=1S/C4H8O2.C3H5BrO3/c1-3-6-4(2)5;4-1-2-7-3(5)6/h3H2,1-2H3;1-2H2,(H,5,6). The van der Waals surface area contributed by atoms with Crippen molar-refractivity contribution in [1.82, 2.24) is 0 Å². The summed E-state index contributed by atoms with van der Waals surface area (Å²) in [6, 6.07) is 0. The monoisotopic (exact) mass is 256 g/mol. The molecule has 0 rings (SSSR count). The van der Waals surface area contributed by atoms with Crippen molar-refractivity contribution in [2.75, 3.05) is 18.5 Å². The normalized spacial score (nSPS) is 7.92. The average molecular weight is 257 g/mol. The fourth-order valence-electron chi connectivity index (χ4n) is 0.329. The van der Waals surface area contributed by atoms with Gasteiger partial charge in [0.25, 0.3) is 0 Å². The highest BCUT2D eigenvalue weighted by Gasteiger charge is 1.90. The van der Waals surface area contributed by atoms with Crippen LogP contribution in [-0.2, 0) is 14.3 Å². The van der Waals surface area contributed by atoms with E-state index in [4.69, 9.17) is 5.11 Å². The van der Waals surface area contributed by atoms with Crippen molar-refractivity contribution in [2.45, 2.75) is 13.8 Å². The minimum absolute atomic E-state index is 0.211. The molecular weight excluding hydrogens is 244 g/mol. The molecule has 0 aliphatic rings. The van der Waals surface area contributed by atoms with Crippen LogP contribution in [0.2, 0.25) is 0 Å². The van der Waals surface area contributed by atoms with Crippen molar-refractivity contribution in [3.05, 3.63) is 0 Å². The Kier molecular flexibility index (Phi) is 12.7. The third-order valence-electron chi connectivity index (χ3n) is 0.650. The first-order valence-corrected chi connectivity index (χ1v) is 4.71. The van der Waals surface area contributed by atoms with E-state index < -0.39 is 6.16 Å². The van der Waals surface area contributed by atoms with Crippen LogP contribution in [0, 0.1) is 0 Å². The molecule has 0 aliphatic heterocycles. The van der Waals surface area contributed by atoms with Gasteiger partial charge in [0.2, 0.25) is 0 Å². The molecule has 5 nitrogen and oxygen atoms in total. The first kappa shape index (κ1) is 14.7. The number of rotatable bonds is 3. The lowest BCUT2D eigenvalue weighted by atomic mass is 10.8. The van der Waals surface area contributed by atoms with E-state index in [2.05, 4.69) is 25.4 Å². The Morgan fingerprint density at radius 2 is 1.92 bits per heavy atom. The molecule has 0 fully saturated rings. The van der Waals surface area contributed by atoms with Gasteiger partial charge in [-0.15, -0.1) is 0 Å². The molecule has 0 bridgehead atoms. The van der Waals surface area contributed by atoms with Crippen LogP contribution >= 0.6 is 15.9 Å². The molecule has 0 saturated carbocycles. The number of esters is 1. The van der Waals surface area contributed by atoms with Gasteiger partial charge >= 0.3 is 12.1 Å². The van der Waals surface area contributed by atoms with E-state index in [1.807, 2.05) is 0 Å². The van der Waals surface area contributed by atoms with Gasteiger partial charge in [-0.1, -0.05) is 15.9 Å². The maximum absolute atomic E-state index is 9.82. The zero-order valence-corrected chi connectivity index (χ0v) is 9.17. The number of alkyl halides is 1. The fraction of sp³-hybridized carbons (Fsp3) is 0.714. The lowest BCUT2D eigenvalue weighted by molar-refractivity contribution is -0.140. The molecule has 0 aliphatic carbocycles. The molecule has 13 heavy (non-hydrogen) atoms. The predicted molar refractivity (Wildman–Crippen MR) is 50.1 cm³/mol. The summed E-state index contributed by atoms with van der Waals surface area (Å²) in [5.41, 5.74) is 0. The number of hydrogen-bond acceptors (Lipinski definition) is 4. The van der Waals surface area contributed by atoms with Crippen molar-refractivity contribution in [3.8, 4) is 0 Å². The summed E-state index contributed by atoms with van der Waals surface area (Å²) in [4.78, 5) is 19.3. The second-order valence-corrected chi connectivity index (χ2v) is 2.52. The van der Waals surface area contributed by atoms with Crippen LogP contribution in [0.4, 0.5) is 4.79 Å². The predicted octanol–water partition coefficient (Wildman–Crippen LogP) is 1.65. The molecule has 0 aromatic rings. The fourth-order valence-corrected chi connectivity index (χ4v) is 0.491. The van der Waals surface area contributed by atoms with Gasteiger partial charge in [0, 0.05) is 12.3 Å². The third-order valence-corrected chi connectivity index (χ3v) is 0.974. The second kappa shape index (κ2) is 11.2. The zero-order valence-electron chi connectivity index (χ0n) is 7.58. The van der Waals surface area contributed by atoms with Crippen LogP contribution in [0.25, 0.3) is 0 Å². The van der Waals surface area contributed by atoms with Crippen LogP contribution in [0.5, 0.6) is 0 Å². The van der Waals surface area contributed by atoms with E-state index in [1.165, 1.54) is 6.92 Å². The first-order valence-electron chi connectivity index (χ1n) is 3.59. The Balaban J connectivity index is 0. The molecule has 0 aromatic carbocycles. The van der Waals surface area contributed by atoms with Gasteiger partial charge in [0.1, 0.15) is 6.61 Å². The molecule has 1 N–H and O–H groups in total. The summed E-state index contributed by atoms with van der Waals surface area (Å²) in [6.45, 7) is 3.87. The molecule has 0 amide bonds. The Labute approximate surface area is 85.1 Å². The molecule has 0 atom stereocenters. The number of hydrogen-bond donors (Lipinski definition) is 1. The molecule has 0 saturated heterocycles. The molecule has 0 radical (unpaired) electrons. The Bertz CT molecular complexity index is 148. The third kappa shape index (κ3) is 24.7. The van der Waals surface area contributed by atoms with Gasteiger partial charge in [0.05, 0.1) is 6.61 Å². The molecule has 6 heteroatoms. The largest absolute Gasteiger partial charge is 0.505 e. The minimum atomic E-state index is -1.22. The maximum Gasteiger partial charge on any atom is 0.505 e. The minimum Gasteiger partial charge on any atom is -0.466 e. The van der Waals surface area contributed by atoms with Gasteiger partial charge in [-0.25, -0.2) is 4.79 Å². The molecule has 0 spiro atoms. The van der Waals surface area contributed by atoms with Crippen LogP contribution < -0.4 is 0 Å². The van der Waals surface area contributed by atoms with E-state index in [0.717, 1.165) is 0 Å². The summed E-state index contributed by atoms with van der Waals surface area (Å²) in [6.07, 6.45) is -1.22. The van der Waals surface area contributed by atoms with E-state index >= 15 is 0 Å². The summed E-state index contributed by atoms with van der Waals surface area (Å²) in [7, 11) is 0. The van der Waals surface area contributed by atoms with Crippen molar-refractivity contribution >= 4 is 28.1 Å². The summed E-state index contributed by atoms with van der Waals surface area (Å²) < 4.78 is 8.46. The average Bonchev–Trinajstić information content (AvgIpc) is 2.01. The molecule has 78 valence electrons. The quantitative estimate of drug-likeness (QED) is 0.614. The number of halogens is 1. The van der Waals surface area contributed by atoms with Gasteiger partial charge in [0.15, 0.2) is 0 Å². The van der Waals surface area contributed by atoms with Crippen LogP contribution in [0.15, 0.2) is 0 Å². The van der Waals surface area contributed by atoms with E-state index in [0.29, 0.717) is 11.9 Å². The topological polar surface area (TPSA) is 72.8 Å². The second-order valence-electron chi connectivity index (χ2n) is 1.73. The maximum atomic E-state index is 9.82. The van der Waals surface area contributed by atoms with Gasteiger partial charge in [-0.3, -0.25) is 4.79 Å². The van der Waals surface area contributed by atoms with Crippen molar-refractivity contribution < 1.29 is 24.2 Å². The summed E-state index contributed by atoms with van der Waals surface area (Å²) in [5.74, 6) is -0.211. The SMILES string of the molecule is CCOC(C)=O.O=C(O)OCCBr. The number of carbonyl (C=O) groups excluding carboxylic acids is 1. The highest BCUT2D eigenvalue weighted by molar-refractivity contribution is 9.09. The van der Waals surface area contributed by atoms with Crippen molar-refractivity contribution in [1.29, 1.82) is 0 Å². The van der Waals surface area contributed by atoms with Crippen molar-refractivity contribution in [3.63, 3.8) is 0 Å². The van der Waals surface area contributed by atoms with E-state index in [-0.39, 0.29) is 12.6 Å². The Morgan fingerprint density at radius 3 is 2.00 bits per heavy atom. The van der Waals surface area contributed by atoms with E-state index in [1.54, 1.807) is 6.92 Å². The summed E-state index contributed by atoms with van der Waals surface area (Å²) >= 11 is 2.99. The summed E-state index contributed by atoms with van der Waals surface area (Å²) in [5, 5.41) is 8.36. The number of ether oxygens (including phenoxy) is 2. The van der Waals surface area contributed by atoms with Gasteiger partial charge in [-0.2, -0.15) is 0 Å². The lowest BCUT2D eigenvalue weighted by Crippen LogP contribution is -2.01. The lowest BCUT2D eigenvalue weighted by Gasteiger charge is -1.90. The first-order chi connectivity index (χ1) is 6.04. The van der Waals surface area contributed by atoms with Gasteiger partial charge < -0.3 is 14.6 Å².